The lowest BCUT2D eigenvalue weighted by Gasteiger charge is -2.40. The number of rotatable bonds is 2. The van der Waals surface area contributed by atoms with Crippen molar-refractivity contribution in [1.29, 1.82) is 0 Å². The van der Waals surface area contributed by atoms with Crippen molar-refractivity contribution < 1.29 is 27.9 Å². The zero-order valence-electron chi connectivity index (χ0n) is 17.3. The van der Waals surface area contributed by atoms with E-state index in [9.17, 15) is 18.0 Å². The first-order chi connectivity index (χ1) is 13.4. The molecule has 1 aromatic rings. The fourth-order valence-corrected chi connectivity index (χ4v) is 4.35. The van der Waals surface area contributed by atoms with Crippen LogP contribution in [0.2, 0.25) is 0 Å². The molecule has 0 radical (unpaired) electrons. The third-order valence-corrected chi connectivity index (χ3v) is 5.96. The Labute approximate surface area is 169 Å². The number of fused-ring (bicyclic) bond motifs is 2. The molecule has 1 saturated heterocycles. The second kappa shape index (κ2) is 8.73. The van der Waals surface area contributed by atoms with Crippen molar-refractivity contribution in [3.05, 3.63) is 34.9 Å². The number of carbonyl (C=O) groups excluding carboxylic acids is 1. The molecular weight excluding hydrogens is 385 g/mol. The Balaban J connectivity index is 0.000000370. The normalized spacial score (nSPS) is 20.3. The van der Waals surface area contributed by atoms with Gasteiger partial charge >= 0.3 is 12.1 Å². The van der Waals surface area contributed by atoms with Gasteiger partial charge in [0.2, 0.25) is 5.91 Å². The third kappa shape index (κ3) is 5.10. The summed E-state index contributed by atoms with van der Waals surface area (Å²) in [6.45, 7) is 5.98. The summed E-state index contributed by atoms with van der Waals surface area (Å²) in [6, 6.07) is 7.48. The minimum atomic E-state index is -5.08. The van der Waals surface area contributed by atoms with E-state index in [1.807, 2.05) is 6.92 Å². The molecule has 2 aliphatic rings. The van der Waals surface area contributed by atoms with Gasteiger partial charge in [-0.15, -0.1) is 0 Å². The van der Waals surface area contributed by atoms with E-state index in [2.05, 4.69) is 49.0 Å². The van der Waals surface area contributed by atoms with Gasteiger partial charge in [-0.3, -0.25) is 4.79 Å². The van der Waals surface area contributed by atoms with Gasteiger partial charge in [-0.25, -0.2) is 4.79 Å². The average molecular weight is 414 g/mol. The van der Waals surface area contributed by atoms with E-state index >= 15 is 0 Å². The average Bonchev–Trinajstić information content (AvgIpc) is 2.95. The number of amides is 1. The van der Waals surface area contributed by atoms with Gasteiger partial charge in [0, 0.05) is 31.0 Å². The smallest absolute Gasteiger partial charge is 0.475 e. The van der Waals surface area contributed by atoms with E-state index in [1.165, 1.54) is 17.5 Å². The van der Waals surface area contributed by atoms with Gasteiger partial charge in [0.15, 0.2) is 0 Å². The minimum absolute atomic E-state index is 0.279. The first kappa shape index (κ1) is 23.2. The summed E-state index contributed by atoms with van der Waals surface area (Å²) in [6.07, 6.45) is -1.03. The molecule has 0 aromatic heterocycles. The number of carboxylic acids is 1. The minimum Gasteiger partial charge on any atom is -0.475 e. The van der Waals surface area contributed by atoms with Crippen LogP contribution in [-0.2, 0) is 15.0 Å². The molecular formula is C21H29F3N2O3. The van der Waals surface area contributed by atoms with Crippen LogP contribution in [-0.4, -0.2) is 60.1 Å². The quantitative estimate of drug-likeness (QED) is 0.797. The third-order valence-electron chi connectivity index (χ3n) is 5.96. The highest BCUT2D eigenvalue weighted by atomic mass is 19.4. The molecule has 0 saturated carbocycles. The van der Waals surface area contributed by atoms with Crippen molar-refractivity contribution in [2.24, 2.45) is 0 Å². The summed E-state index contributed by atoms with van der Waals surface area (Å²) in [5.41, 5.74) is 4.69. The number of aliphatic carboxylic acids is 1. The lowest BCUT2D eigenvalue weighted by molar-refractivity contribution is -0.192. The Kier molecular flexibility index (Phi) is 6.98. The summed E-state index contributed by atoms with van der Waals surface area (Å²) < 4.78 is 31.7. The van der Waals surface area contributed by atoms with Gasteiger partial charge in [-0.1, -0.05) is 30.7 Å². The highest BCUT2D eigenvalue weighted by molar-refractivity contribution is 5.76. The number of carboxylic acid groups (broad SMARTS) is 1. The number of likely N-dealkylation sites (tertiary alicyclic amines) is 1. The van der Waals surface area contributed by atoms with E-state index < -0.39 is 12.1 Å². The molecule has 3 rings (SSSR count). The second-order valence-corrected chi connectivity index (χ2v) is 8.09. The molecule has 1 spiro atoms. The standard InChI is InChI=1S/C19H28N2O.C2HF3O2/c1-5-18(22)21-10-8-19(9-11-21)13-17(20(3)4)15-7-6-14(2)12-16(15)19;3-2(4,5)1(6)7/h6-7,12,17H,5,8-11,13H2,1-4H3;(H,6,7). The molecule has 1 heterocycles. The van der Waals surface area contributed by atoms with Crippen LogP contribution in [0.5, 0.6) is 0 Å². The van der Waals surface area contributed by atoms with Gasteiger partial charge in [0.25, 0.3) is 0 Å². The predicted molar refractivity (Wildman–Crippen MR) is 104 cm³/mol. The van der Waals surface area contributed by atoms with Crippen LogP contribution in [0.4, 0.5) is 13.2 Å². The number of benzene rings is 1. The molecule has 8 heteroatoms. The van der Waals surface area contributed by atoms with Crippen LogP contribution < -0.4 is 0 Å². The summed E-state index contributed by atoms with van der Waals surface area (Å²) in [4.78, 5) is 25.3. The molecule has 1 N–H and O–H groups in total. The molecule has 1 aliphatic carbocycles. The molecule has 29 heavy (non-hydrogen) atoms. The molecule has 5 nitrogen and oxygen atoms in total. The number of hydrogen-bond acceptors (Lipinski definition) is 3. The molecule has 0 bridgehead atoms. The number of piperidine rings is 1. The largest absolute Gasteiger partial charge is 0.490 e. The van der Waals surface area contributed by atoms with Crippen LogP contribution >= 0.6 is 0 Å². The number of alkyl halides is 3. The van der Waals surface area contributed by atoms with Gasteiger partial charge in [-0.2, -0.15) is 13.2 Å². The van der Waals surface area contributed by atoms with Crippen molar-refractivity contribution in [3.63, 3.8) is 0 Å². The summed E-state index contributed by atoms with van der Waals surface area (Å²) in [7, 11) is 4.37. The Bertz CT molecular complexity index is 754. The van der Waals surface area contributed by atoms with Gasteiger partial charge in [0.05, 0.1) is 0 Å². The monoisotopic (exact) mass is 414 g/mol. The first-order valence-electron chi connectivity index (χ1n) is 9.76. The van der Waals surface area contributed by atoms with Crippen LogP contribution in [0, 0.1) is 6.92 Å². The molecule has 1 aliphatic heterocycles. The van der Waals surface area contributed by atoms with Crippen LogP contribution in [0.25, 0.3) is 0 Å². The Morgan fingerprint density at radius 2 is 1.79 bits per heavy atom. The number of halogens is 3. The molecule has 1 aromatic carbocycles. The summed E-state index contributed by atoms with van der Waals surface area (Å²) in [5.74, 6) is -2.45. The van der Waals surface area contributed by atoms with Crippen molar-refractivity contribution in [2.45, 2.75) is 57.2 Å². The first-order valence-corrected chi connectivity index (χ1v) is 9.76. The fraction of sp³-hybridized carbons (Fsp3) is 0.619. The van der Waals surface area contributed by atoms with Gasteiger partial charge < -0.3 is 14.9 Å². The van der Waals surface area contributed by atoms with Gasteiger partial charge in [0.1, 0.15) is 0 Å². The van der Waals surface area contributed by atoms with E-state index in [4.69, 9.17) is 9.90 Å². The maximum Gasteiger partial charge on any atom is 0.490 e. The lowest BCUT2D eigenvalue weighted by Crippen LogP contribution is -2.44. The summed E-state index contributed by atoms with van der Waals surface area (Å²) >= 11 is 0. The predicted octanol–water partition coefficient (Wildman–Crippen LogP) is 3.90. The lowest BCUT2D eigenvalue weighted by atomic mass is 9.73. The second-order valence-electron chi connectivity index (χ2n) is 8.09. The number of carbonyl (C=O) groups is 2. The highest BCUT2D eigenvalue weighted by Crippen LogP contribution is 2.52. The van der Waals surface area contributed by atoms with Crippen molar-refractivity contribution in [1.82, 2.24) is 9.80 Å². The molecule has 1 atom stereocenters. The van der Waals surface area contributed by atoms with Crippen molar-refractivity contribution in [3.8, 4) is 0 Å². The van der Waals surface area contributed by atoms with Gasteiger partial charge in [-0.05, 0) is 51.4 Å². The Morgan fingerprint density at radius 1 is 1.24 bits per heavy atom. The van der Waals surface area contributed by atoms with Crippen molar-refractivity contribution in [2.75, 3.05) is 27.2 Å². The summed E-state index contributed by atoms with van der Waals surface area (Å²) in [5, 5.41) is 7.12. The molecule has 1 fully saturated rings. The molecule has 162 valence electrons. The van der Waals surface area contributed by atoms with E-state index in [1.54, 1.807) is 5.56 Å². The maximum atomic E-state index is 12.0. The topological polar surface area (TPSA) is 60.9 Å². The maximum absolute atomic E-state index is 12.0. The highest BCUT2D eigenvalue weighted by Gasteiger charge is 2.46. The number of aryl methyl sites for hydroxylation is 1. The van der Waals surface area contributed by atoms with E-state index in [0.29, 0.717) is 18.4 Å². The van der Waals surface area contributed by atoms with E-state index in [-0.39, 0.29) is 5.41 Å². The van der Waals surface area contributed by atoms with E-state index in [0.717, 1.165) is 25.9 Å². The molecule has 1 amide bonds. The van der Waals surface area contributed by atoms with Crippen LogP contribution in [0.15, 0.2) is 18.2 Å². The Hall–Kier alpha value is -2.09. The fourth-order valence-electron chi connectivity index (χ4n) is 4.35. The number of nitrogens with zero attached hydrogens (tertiary/aromatic N) is 2. The van der Waals surface area contributed by atoms with Crippen LogP contribution in [0.1, 0.15) is 55.3 Å². The zero-order valence-corrected chi connectivity index (χ0v) is 17.3. The number of hydrogen-bond donors (Lipinski definition) is 1. The Morgan fingerprint density at radius 3 is 2.24 bits per heavy atom. The zero-order chi connectivity index (χ0) is 22.0. The van der Waals surface area contributed by atoms with Crippen molar-refractivity contribution >= 4 is 11.9 Å². The van der Waals surface area contributed by atoms with Crippen LogP contribution in [0.3, 0.4) is 0 Å². The SMILES string of the molecule is CCC(=O)N1CCC2(CC1)CC(N(C)C)c1ccc(C)cc12.O=C(O)C(F)(F)F. The molecule has 1 unspecified atom stereocenters.